The van der Waals surface area contributed by atoms with Crippen molar-refractivity contribution in [1.82, 2.24) is 9.88 Å². The topological polar surface area (TPSA) is 45.6 Å². The van der Waals surface area contributed by atoms with Crippen LogP contribution in [-0.2, 0) is 18.6 Å². The molecular formula is C27H23F7N2O2. The highest BCUT2D eigenvalue weighted by molar-refractivity contribution is 5.65. The molecular weight excluding hydrogens is 517 g/mol. The Morgan fingerprint density at radius 1 is 0.921 bits per heavy atom. The van der Waals surface area contributed by atoms with Crippen molar-refractivity contribution < 1.29 is 40.6 Å². The number of rotatable bonds is 4. The average Bonchev–Trinajstić information content (AvgIpc) is 3.22. The summed E-state index contributed by atoms with van der Waals surface area (Å²) in [4.78, 5) is 6.37. The number of hydrogen-bond donors (Lipinski definition) is 1. The minimum Gasteiger partial charge on any atom is -0.485 e. The van der Waals surface area contributed by atoms with Gasteiger partial charge in [-0.05, 0) is 23.3 Å². The van der Waals surface area contributed by atoms with Gasteiger partial charge in [0.25, 0.3) is 5.60 Å². The summed E-state index contributed by atoms with van der Waals surface area (Å²) in [7, 11) is 0. The van der Waals surface area contributed by atoms with Crippen molar-refractivity contribution in [3.05, 3.63) is 83.4 Å². The first-order valence-electron chi connectivity index (χ1n) is 11.9. The third kappa shape index (κ3) is 4.62. The Hall–Kier alpha value is -3.18. The van der Waals surface area contributed by atoms with Crippen LogP contribution in [0.3, 0.4) is 0 Å². The highest BCUT2D eigenvalue weighted by Gasteiger charge is 2.71. The number of aliphatic hydroxyl groups is 1. The number of piperidine rings is 1. The Kier molecular flexibility index (Phi) is 6.42. The predicted octanol–water partition coefficient (Wildman–Crippen LogP) is 6.17. The van der Waals surface area contributed by atoms with E-state index in [2.05, 4.69) is 9.88 Å². The van der Waals surface area contributed by atoms with Crippen LogP contribution in [0.15, 0.2) is 60.9 Å². The van der Waals surface area contributed by atoms with Crippen molar-refractivity contribution in [2.45, 2.75) is 49.4 Å². The molecule has 5 rings (SSSR count). The summed E-state index contributed by atoms with van der Waals surface area (Å²) in [5.74, 6) is -0.477. The van der Waals surface area contributed by atoms with Crippen LogP contribution in [0.5, 0.6) is 5.75 Å². The van der Waals surface area contributed by atoms with E-state index in [1.54, 1.807) is 36.7 Å². The molecule has 202 valence electrons. The van der Waals surface area contributed by atoms with Crippen LogP contribution in [0, 0.1) is 5.82 Å². The van der Waals surface area contributed by atoms with E-state index in [-0.39, 0.29) is 22.8 Å². The Morgan fingerprint density at radius 2 is 1.58 bits per heavy atom. The minimum atomic E-state index is -6.08. The zero-order valence-corrected chi connectivity index (χ0v) is 19.9. The summed E-state index contributed by atoms with van der Waals surface area (Å²) < 4.78 is 99.6. The van der Waals surface area contributed by atoms with Crippen molar-refractivity contribution in [2.24, 2.45) is 0 Å². The van der Waals surface area contributed by atoms with E-state index in [9.17, 15) is 35.8 Å². The van der Waals surface area contributed by atoms with E-state index in [1.165, 1.54) is 0 Å². The van der Waals surface area contributed by atoms with Gasteiger partial charge in [0.1, 0.15) is 17.2 Å². The maximum atomic E-state index is 14.7. The first-order chi connectivity index (χ1) is 17.8. The Labute approximate surface area is 213 Å². The molecule has 1 spiro atoms. The van der Waals surface area contributed by atoms with Gasteiger partial charge in [0.2, 0.25) is 0 Å². The van der Waals surface area contributed by atoms with Gasteiger partial charge in [-0.25, -0.2) is 4.39 Å². The van der Waals surface area contributed by atoms with Gasteiger partial charge >= 0.3 is 12.4 Å². The maximum absolute atomic E-state index is 14.7. The fourth-order valence-corrected chi connectivity index (χ4v) is 5.17. The SMILES string of the molecule is OC(c1ccc(-c2ccc(CN3CCC4(CC3)Cc3ccncc3O4)cc2)c(F)c1)(C(F)(F)F)C(F)(F)F. The number of hydrogen-bond acceptors (Lipinski definition) is 4. The number of pyridine rings is 1. The maximum Gasteiger partial charge on any atom is 0.430 e. The van der Waals surface area contributed by atoms with E-state index < -0.39 is 29.3 Å². The van der Waals surface area contributed by atoms with E-state index >= 15 is 0 Å². The normalized spacial score (nSPS) is 17.9. The Bertz CT molecular complexity index is 1270. The summed E-state index contributed by atoms with van der Waals surface area (Å²) in [5.41, 5.74) is -4.86. The van der Waals surface area contributed by atoms with Gasteiger partial charge < -0.3 is 9.84 Å². The average molecular weight is 540 g/mol. The molecule has 1 N–H and O–H groups in total. The van der Waals surface area contributed by atoms with Crippen LogP contribution in [0.25, 0.3) is 11.1 Å². The first-order valence-corrected chi connectivity index (χ1v) is 11.9. The number of fused-ring (bicyclic) bond motifs is 1. The molecule has 0 saturated carbocycles. The van der Waals surface area contributed by atoms with E-state index in [4.69, 9.17) is 4.74 Å². The number of benzene rings is 2. The summed E-state index contributed by atoms with van der Waals surface area (Å²) in [6.45, 7) is 2.23. The lowest BCUT2D eigenvalue weighted by molar-refractivity contribution is -0.376. The van der Waals surface area contributed by atoms with Gasteiger partial charge in [0.05, 0.1) is 6.20 Å². The molecule has 2 aliphatic rings. The van der Waals surface area contributed by atoms with E-state index in [0.29, 0.717) is 12.6 Å². The summed E-state index contributed by atoms with van der Waals surface area (Å²) >= 11 is 0. The van der Waals surface area contributed by atoms with Gasteiger partial charge in [-0.3, -0.25) is 9.88 Å². The van der Waals surface area contributed by atoms with Gasteiger partial charge in [-0.15, -0.1) is 0 Å². The molecule has 11 heteroatoms. The van der Waals surface area contributed by atoms with Crippen LogP contribution in [0.1, 0.15) is 29.5 Å². The third-order valence-electron chi connectivity index (χ3n) is 7.35. The minimum absolute atomic E-state index is 0.0766. The smallest absolute Gasteiger partial charge is 0.430 e. The Balaban J connectivity index is 1.25. The number of likely N-dealkylation sites (tertiary alicyclic amines) is 1. The van der Waals surface area contributed by atoms with Crippen molar-refractivity contribution in [3.8, 4) is 16.9 Å². The van der Waals surface area contributed by atoms with E-state index in [0.717, 1.165) is 55.3 Å². The summed E-state index contributed by atoms with van der Waals surface area (Å²) in [5, 5.41) is 9.51. The monoisotopic (exact) mass is 540 g/mol. The van der Waals surface area contributed by atoms with E-state index in [1.807, 2.05) is 6.07 Å². The molecule has 0 amide bonds. The molecule has 1 aromatic heterocycles. The molecule has 1 fully saturated rings. The molecule has 2 aliphatic heterocycles. The number of aromatic nitrogens is 1. The lowest BCUT2D eigenvalue weighted by Gasteiger charge is -2.38. The fourth-order valence-electron chi connectivity index (χ4n) is 5.17. The van der Waals surface area contributed by atoms with Crippen LogP contribution >= 0.6 is 0 Å². The van der Waals surface area contributed by atoms with Crippen molar-refractivity contribution in [3.63, 3.8) is 0 Å². The molecule has 0 bridgehead atoms. The lowest BCUT2D eigenvalue weighted by Crippen LogP contribution is -2.53. The van der Waals surface area contributed by atoms with Gasteiger partial charge in [-0.1, -0.05) is 36.4 Å². The number of nitrogens with zero attached hydrogens (tertiary/aromatic N) is 2. The number of ether oxygens (including phenoxy) is 1. The van der Waals surface area contributed by atoms with Crippen LogP contribution in [0.2, 0.25) is 0 Å². The molecule has 2 aromatic carbocycles. The lowest BCUT2D eigenvalue weighted by atomic mass is 9.87. The third-order valence-corrected chi connectivity index (χ3v) is 7.35. The molecule has 1 saturated heterocycles. The molecule has 3 heterocycles. The molecule has 0 atom stereocenters. The second-order valence-electron chi connectivity index (χ2n) is 9.82. The molecule has 38 heavy (non-hydrogen) atoms. The molecule has 0 radical (unpaired) electrons. The second kappa shape index (κ2) is 9.23. The second-order valence-corrected chi connectivity index (χ2v) is 9.82. The van der Waals surface area contributed by atoms with Gasteiger partial charge in [0.15, 0.2) is 0 Å². The van der Waals surface area contributed by atoms with Gasteiger partial charge in [-0.2, -0.15) is 26.3 Å². The van der Waals surface area contributed by atoms with Crippen LogP contribution in [-0.4, -0.2) is 46.0 Å². The summed E-state index contributed by atoms with van der Waals surface area (Å²) in [6.07, 6.45) is -6.13. The molecule has 0 unspecified atom stereocenters. The van der Waals surface area contributed by atoms with Crippen molar-refractivity contribution in [1.29, 1.82) is 0 Å². The number of halogens is 7. The van der Waals surface area contributed by atoms with Gasteiger partial charge in [0, 0.05) is 61.8 Å². The quantitative estimate of drug-likeness (QED) is 0.402. The molecule has 3 aromatic rings. The molecule has 0 aliphatic carbocycles. The molecule has 4 nitrogen and oxygen atoms in total. The highest BCUT2D eigenvalue weighted by atomic mass is 19.4. The largest absolute Gasteiger partial charge is 0.485 e. The van der Waals surface area contributed by atoms with Crippen LogP contribution < -0.4 is 4.74 Å². The van der Waals surface area contributed by atoms with Crippen LogP contribution in [0.4, 0.5) is 30.7 Å². The standard InChI is InChI=1S/C27H23F7N2O2/c28-22-13-20(25(37,26(29,30)31)27(32,33)34)5-6-21(22)18-3-1-17(2-4-18)16-36-11-8-24(9-12-36)14-19-7-10-35-15-23(19)38-24/h1-7,10,13,15,37H,8-9,11-12,14,16H2. The van der Waals surface area contributed by atoms with Crippen molar-refractivity contribution in [2.75, 3.05) is 13.1 Å². The zero-order valence-electron chi connectivity index (χ0n) is 19.9. The zero-order chi connectivity index (χ0) is 27.3. The summed E-state index contributed by atoms with van der Waals surface area (Å²) in [6, 6.07) is 9.89. The number of alkyl halides is 6. The highest BCUT2D eigenvalue weighted by Crippen LogP contribution is 2.50. The fraction of sp³-hybridized carbons (Fsp3) is 0.370. The predicted molar refractivity (Wildman–Crippen MR) is 124 cm³/mol. The Morgan fingerprint density at radius 3 is 2.16 bits per heavy atom. The van der Waals surface area contributed by atoms with Crippen molar-refractivity contribution >= 4 is 0 Å². The first kappa shape index (κ1) is 26.4.